The summed E-state index contributed by atoms with van der Waals surface area (Å²) < 4.78 is 5.55. The normalized spacial score (nSPS) is 18.4. The molecule has 0 saturated carbocycles. The van der Waals surface area contributed by atoms with Crippen LogP contribution in [-0.2, 0) is 4.74 Å². The third kappa shape index (κ3) is 2.77. The lowest BCUT2D eigenvalue weighted by atomic mass is 10.1. The van der Waals surface area contributed by atoms with Gasteiger partial charge in [0.1, 0.15) is 16.4 Å². The Hall–Kier alpha value is -0.870. The van der Waals surface area contributed by atoms with Gasteiger partial charge in [0.05, 0.1) is 5.56 Å². The SMILES string of the molecule is Clc1ccc(-c2c(Cl)nc(C3CCCO3)nc2Cl)cc1. The van der Waals surface area contributed by atoms with Crippen LogP contribution in [0.15, 0.2) is 24.3 Å². The maximum Gasteiger partial charge on any atom is 0.160 e. The smallest absolute Gasteiger partial charge is 0.160 e. The molecule has 0 spiro atoms. The van der Waals surface area contributed by atoms with E-state index >= 15 is 0 Å². The van der Waals surface area contributed by atoms with Gasteiger partial charge in [-0.2, -0.15) is 0 Å². The van der Waals surface area contributed by atoms with Gasteiger partial charge >= 0.3 is 0 Å². The molecule has 3 rings (SSSR count). The first kappa shape index (κ1) is 14.1. The summed E-state index contributed by atoms with van der Waals surface area (Å²) in [5.41, 5.74) is 1.45. The number of nitrogens with zero attached hydrogens (tertiary/aromatic N) is 2. The Bertz CT molecular complexity index is 602. The van der Waals surface area contributed by atoms with Crippen molar-refractivity contribution < 1.29 is 4.74 Å². The summed E-state index contributed by atoms with van der Waals surface area (Å²) in [6, 6.07) is 7.23. The molecule has 20 heavy (non-hydrogen) atoms. The average Bonchev–Trinajstić information content (AvgIpc) is 2.94. The lowest BCUT2D eigenvalue weighted by Gasteiger charge is -2.12. The van der Waals surface area contributed by atoms with Crippen molar-refractivity contribution in [1.82, 2.24) is 9.97 Å². The molecule has 1 fully saturated rings. The van der Waals surface area contributed by atoms with Gasteiger partial charge in [-0.25, -0.2) is 9.97 Å². The maximum atomic E-state index is 6.26. The quantitative estimate of drug-likeness (QED) is 0.731. The first-order valence-electron chi connectivity index (χ1n) is 6.25. The van der Waals surface area contributed by atoms with Crippen LogP contribution in [-0.4, -0.2) is 16.6 Å². The number of halogens is 3. The molecular formula is C14H11Cl3N2O. The topological polar surface area (TPSA) is 35.0 Å². The summed E-state index contributed by atoms with van der Waals surface area (Å²) in [6.07, 6.45) is 1.79. The average molecular weight is 330 g/mol. The number of hydrogen-bond donors (Lipinski definition) is 0. The molecule has 0 N–H and O–H groups in total. The Morgan fingerprint density at radius 1 is 1.00 bits per heavy atom. The van der Waals surface area contributed by atoms with E-state index in [1.807, 2.05) is 12.1 Å². The van der Waals surface area contributed by atoms with Gasteiger partial charge in [0, 0.05) is 11.6 Å². The first-order chi connectivity index (χ1) is 9.65. The van der Waals surface area contributed by atoms with Crippen LogP contribution in [0.25, 0.3) is 11.1 Å². The highest BCUT2D eigenvalue weighted by Gasteiger charge is 2.23. The molecule has 1 unspecified atom stereocenters. The molecule has 2 aromatic rings. The van der Waals surface area contributed by atoms with Crippen molar-refractivity contribution in [3.63, 3.8) is 0 Å². The zero-order chi connectivity index (χ0) is 14.1. The Labute approximate surface area is 131 Å². The number of hydrogen-bond acceptors (Lipinski definition) is 3. The van der Waals surface area contributed by atoms with E-state index in [4.69, 9.17) is 39.5 Å². The molecule has 2 heterocycles. The number of ether oxygens (including phenoxy) is 1. The second kappa shape index (κ2) is 5.86. The summed E-state index contributed by atoms with van der Waals surface area (Å²) in [7, 11) is 0. The zero-order valence-corrected chi connectivity index (χ0v) is 12.7. The lowest BCUT2D eigenvalue weighted by Crippen LogP contribution is -2.04. The molecular weight excluding hydrogens is 319 g/mol. The van der Waals surface area contributed by atoms with Gasteiger partial charge in [0.25, 0.3) is 0 Å². The molecule has 3 nitrogen and oxygen atoms in total. The van der Waals surface area contributed by atoms with Gasteiger partial charge in [-0.1, -0.05) is 46.9 Å². The van der Waals surface area contributed by atoms with E-state index in [1.54, 1.807) is 12.1 Å². The molecule has 1 aromatic carbocycles. The van der Waals surface area contributed by atoms with Crippen molar-refractivity contribution in [2.24, 2.45) is 0 Å². The van der Waals surface area contributed by atoms with Gasteiger partial charge < -0.3 is 4.74 Å². The predicted octanol–water partition coefficient (Wildman–Crippen LogP) is 4.96. The van der Waals surface area contributed by atoms with Crippen LogP contribution < -0.4 is 0 Å². The highest BCUT2D eigenvalue weighted by molar-refractivity contribution is 6.37. The molecule has 104 valence electrons. The van der Waals surface area contributed by atoms with Crippen LogP contribution in [0.2, 0.25) is 15.3 Å². The molecule has 0 aliphatic carbocycles. The minimum atomic E-state index is -0.107. The lowest BCUT2D eigenvalue weighted by molar-refractivity contribution is 0.105. The van der Waals surface area contributed by atoms with Gasteiger partial charge in [-0.05, 0) is 30.5 Å². The summed E-state index contributed by atoms with van der Waals surface area (Å²) in [6.45, 7) is 0.724. The molecule has 1 aliphatic rings. The minimum absolute atomic E-state index is 0.107. The van der Waals surface area contributed by atoms with E-state index in [0.717, 1.165) is 25.0 Å². The van der Waals surface area contributed by atoms with Crippen LogP contribution >= 0.6 is 34.8 Å². The van der Waals surface area contributed by atoms with Crippen LogP contribution in [0, 0.1) is 0 Å². The molecule has 1 atom stereocenters. The Morgan fingerprint density at radius 2 is 1.65 bits per heavy atom. The van der Waals surface area contributed by atoms with E-state index in [0.29, 0.717) is 26.7 Å². The van der Waals surface area contributed by atoms with E-state index < -0.39 is 0 Å². The van der Waals surface area contributed by atoms with Gasteiger partial charge in [0.15, 0.2) is 5.82 Å². The fraction of sp³-hybridized carbons (Fsp3) is 0.286. The third-order valence-electron chi connectivity index (χ3n) is 3.19. The fourth-order valence-electron chi connectivity index (χ4n) is 2.20. The molecule has 1 aromatic heterocycles. The van der Waals surface area contributed by atoms with E-state index in [2.05, 4.69) is 9.97 Å². The fourth-order valence-corrected chi connectivity index (χ4v) is 2.95. The van der Waals surface area contributed by atoms with Crippen LogP contribution in [0.3, 0.4) is 0 Å². The second-order valence-electron chi connectivity index (χ2n) is 4.55. The first-order valence-corrected chi connectivity index (χ1v) is 7.39. The monoisotopic (exact) mass is 328 g/mol. The number of benzene rings is 1. The van der Waals surface area contributed by atoms with Crippen LogP contribution in [0.5, 0.6) is 0 Å². The number of rotatable bonds is 2. The summed E-state index contributed by atoms with van der Waals surface area (Å²) in [5, 5.41) is 1.31. The zero-order valence-electron chi connectivity index (χ0n) is 10.4. The van der Waals surface area contributed by atoms with Crippen LogP contribution in [0.1, 0.15) is 24.8 Å². The summed E-state index contributed by atoms with van der Waals surface area (Å²) >= 11 is 18.4. The summed E-state index contributed by atoms with van der Waals surface area (Å²) in [4.78, 5) is 8.65. The molecule has 6 heteroatoms. The third-order valence-corrected chi connectivity index (χ3v) is 3.99. The van der Waals surface area contributed by atoms with Gasteiger partial charge in [-0.15, -0.1) is 0 Å². The molecule has 1 aliphatic heterocycles. The van der Waals surface area contributed by atoms with Crippen molar-refractivity contribution in [2.45, 2.75) is 18.9 Å². The maximum absolute atomic E-state index is 6.26. The van der Waals surface area contributed by atoms with E-state index in [1.165, 1.54) is 0 Å². The molecule has 0 amide bonds. The molecule has 0 radical (unpaired) electrons. The predicted molar refractivity (Wildman–Crippen MR) is 80.4 cm³/mol. The standard InChI is InChI=1S/C14H11Cl3N2O/c15-9-5-3-8(4-6-9)11-12(16)18-14(19-13(11)17)10-2-1-7-20-10/h3-6,10H,1-2,7H2. The van der Waals surface area contributed by atoms with Crippen molar-refractivity contribution in [3.8, 4) is 11.1 Å². The highest BCUT2D eigenvalue weighted by atomic mass is 35.5. The van der Waals surface area contributed by atoms with Crippen LogP contribution in [0.4, 0.5) is 0 Å². The largest absolute Gasteiger partial charge is 0.370 e. The van der Waals surface area contributed by atoms with Gasteiger partial charge in [0.2, 0.25) is 0 Å². The highest BCUT2D eigenvalue weighted by Crippen LogP contribution is 2.35. The Kier molecular flexibility index (Phi) is 4.13. The van der Waals surface area contributed by atoms with E-state index in [9.17, 15) is 0 Å². The Balaban J connectivity index is 2.02. The second-order valence-corrected chi connectivity index (χ2v) is 5.70. The number of aromatic nitrogens is 2. The van der Waals surface area contributed by atoms with Crippen molar-refractivity contribution in [2.75, 3.05) is 6.61 Å². The van der Waals surface area contributed by atoms with Crippen molar-refractivity contribution >= 4 is 34.8 Å². The van der Waals surface area contributed by atoms with E-state index in [-0.39, 0.29) is 6.10 Å². The molecule has 0 bridgehead atoms. The minimum Gasteiger partial charge on any atom is -0.370 e. The van der Waals surface area contributed by atoms with Gasteiger partial charge in [-0.3, -0.25) is 0 Å². The Morgan fingerprint density at radius 3 is 2.20 bits per heavy atom. The summed E-state index contributed by atoms with van der Waals surface area (Å²) in [5.74, 6) is 0.551. The van der Waals surface area contributed by atoms with Crippen molar-refractivity contribution in [3.05, 3.63) is 45.4 Å². The van der Waals surface area contributed by atoms with Crippen molar-refractivity contribution in [1.29, 1.82) is 0 Å². The molecule has 1 saturated heterocycles.